The van der Waals surface area contributed by atoms with E-state index in [2.05, 4.69) is 17.2 Å². The SMILES string of the molecule is CCNCC1CCN(C(=O)c2cc3c([nH]c2=O)CC(C)(C)CC3=O)CC1.Cl. The van der Waals surface area contributed by atoms with E-state index < -0.39 is 0 Å². The Hall–Kier alpha value is -1.66. The predicted molar refractivity (Wildman–Crippen MR) is 108 cm³/mol. The Morgan fingerprint density at radius 1 is 1.26 bits per heavy atom. The summed E-state index contributed by atoms with van der Waals surface area (Å²) in [6.07, 6.45) is 2.96. The summed E-state index contributed by atoms with van der Waals surface area (Å²) in [6.45, 7) is 9.37. The van der Waals surface area contributed by atoms with E-state index in [0.717, 1.165) is 25.9 Å². The molecule has 2 aliphatic rings. The molecular formula is C20H30ClN3O3. The van der Waals surface area contributed by atoms with Crippen LogP contribution in [0.15, 0.2) is 10.9 Å². The largest absolute Gasteiger partial charge is 0.338 e. The van der Waals surface area contributed by atoms with E-state index in [-0.39, 0.29) is 40.6 Å². The molecule has 1 fully saturated rings. The number of piperidine rings is 1. The molecule has 0 unspecified atom stereocenters. The Labute approximate surface area is 166 Å². The zero-order valence-electron chi connectivity index (χ0n) is 16.4. The second-order valence-corrected chi connectivity index (χ2v) is 8.39. The Morgan fingerprint density at radius 3 is 2.56 bits per heavy atom. The van der Waals surface area contributed by atoms with Crippen LogP contribution in [0.5, 0.6) is 0 Å². The minimum atomic E-state index is -0.381. The first-order chi connectivity index (χ1) is 12.3. The number of nitrogens with zero attached hydrogens (tertiary/aromatic N) is 1. The van der Waals surface area contributed by atoms with Crippen molar-refractivity contribution >= 4 is 24.1 Å². The summed E-state index contributed by atoms with van der Waals surface area (Å²) in [5, 5.41) is 3.35. The molecule has 7 heteroatoms. The van der Waals surface area contributed by atoms with Gasteiger partial charge in [0.1, 0.15) is 5.56 Å². The number of Topliss-reactive ketones (excluding diaryl/α,β-unsaturated/α-hetero) is 1. The van der Waals surface area contributed by atoms with Gasteiger partial charge in [0.15, 0.2) is 5.78 Å². The van der Waals surface area contributed by atoms with Crippen LogP contribution in [0.1, 0.15) is 66.4 Å². The first kappa shape index (κ1) is 21.6. The highest BCUT2D eigenvalue weighted by molar-refractivity contribution is 6.02. The van der Waals surface area contributed by atoms with Crippen LogP contribution in [-0.4, -0.2) is 47.8 Å². The van der Waals surface area contributed by atoms with E-state index in [0.29, 0.717) is 43.1 Å². The maximum absolute atomic E-state index is 12.8. The van der Waals surface area contributed by atoms with E-state index in [1.54, 1.807) is 4.90 Å². The van der Waals surface area contributed by atoms with Crippen LogP contribution < -0.4 is 10.9 Å². The molecule has 0 atom stereocenters. The maximum Gasteiger partial charge on any atom is 0.261 e. The molecule has 0 aromatic carbocycles. The average molecular weight is 396 g/mol. The first-order valence-electron chi connectivity index (χ1n) is 9.60. The highest BCUT2D eigenvalue weighted by Crippen LogP contribution is 2.33. The van der Waals surface area contributed by atoms with Gasteiger partial charge in [-0.15, -0.1) is 12.4 Å². The van der Waals surface area contributed by atoms with E-state index >= 15 is 0 Å². The number of nitrogens with one attached hydrogen (secondary N) is 2. The fourth-order valence-corrected chi connectivity index (χ4v) is 4.05. The summed E-state index contributed by atoms with van der Waals surface area (Å²) in [4.78, 5) is 42.3. The Balaban J connectivity index is 0.00000261. The molecule has 1 aromatic rings. The maximum atomic E-state index is 12.8. The lowest BCUT2D eigenvalue weighted by molar-refractivity contribution is 0.0688. The molecule has 0 radical (unpaired) electrons. The third-order valence-electron chi connectivity index (χ3n) is 5.53. The molecule has 0 saturated carbocycles. The fourth-order valence-electron chi connectivity index (χ4n) is 4.05. The lowest BCUT2D eigenvalue weighted by Crippen LogP contribution is -2.43. The van der Waals surface area contributed by atoms with Crippen molar-refractivity contribution in [2.24, 2.45) is 11.3 Å². The van der Waals surface area contributed by atoms with Gasteiger partial charge in [0.05, 0.1) is 0 Å². The van der Waals surface area contributed by atoms with Crippen LogP contribution >= 0.6 is 12.4 Å². The van der Waals surface area contributed by atoms with E-state index in [1.165, 1.54) is 6.07 Å². The van der Waals surface area contributed by atoms with Gasteiger partial charge in [-0.25, -0.2) is 0 Å². The van der Waals surface area contributed by atoms with Crippen molar-refractivity contribution in [3.63, 3.8) is 0 Å². The van der Waals surface area contributed by atoms with Crippen molar-refractivity contribution < 1.29 is 9.59 Å². The second-order valence-electron chi connectivity index (χ2n) is 8.39. The number of pyridine rings is 1. The molecule has 2 N–H and O–H groups in total. The minimum absolute atomic E-state index is 0. The van der Waals surface area contributed by atoms with Gasteiger partial charge in [0.25, 0.3) is 11.5 Å². The number of fused-ring (bicyclic) bond motifs is 1. The zero-order valence-corrected chi connectivity index (χ0v) is 17.2. The quantitative estimate of drug-likeness (QED) is 0.820. The number of aromatic nitrogens is 1. The number of carbonyl (C=O) groups is 2. The van der Waals surface area contributed by atoms with Crippen LogP contribution in [0.2, 0.25) is 0 Å². The van der Waals surface area contributed by atoms with Crippen LogP contribution in [-0.2, 0) is 6.42 Å². The predicted octanol–water partition coefficient (Wildman–Crippen LogP) is 2.41. The summed E-state index contributed by atoms with van der Waals surface area (Å²) < 4.78 is 0. The van der Waals surface area contributed by atoms with Gasteiger partial charge in [0, 0.05) is 30.8 Å². The molecule has 150 valence electrons. The molecule has 1 aromatic heterocycles. The minimum Gasteiger partial charge on any atom is -0.338 e. The molecule has 2 heterocycles. The Morgan fingerprint density at radius 2 is 1.93 bits per heavy atom. The van der Waals surface area contributed by atoms with Crippen LogP contribution in [0, 0.1) is 11.3 Å². The summed E-state index contributed by atoms with van der Waals surface area (Å²) >= 11 is 0. The lowest BCUT2D eigenvalue weighted by Gasteiger charge is -2.33. The van der Waals surface area contributed by atoms with Crippen LogP contribution in [0.4, 0.5) is 0 Å². The van der Waals surface area contributed by atoms with Crippen molar-refractivity contribution in [3.8, 4) is 0 Å². The number of H-pyrrole nitrogens is 1. The number of carbonyl (C=O) groups excluding carboxylic acids is 2. The third-order valence-corrected chi connectivity index (χ3v) is 5.53. The molecule has 3 rings (SSSR count). The number of ketones is 1. The van der Waals surface area contributed by atoms with E-state index in [4.69, 9.17) is 0 Å². The molecule has 6 nitrogen and oxygen atoms in total. The summed E-state index contributed by atoms with van der Waals surface area (Å²) in [6, 6.07) is 1.53. The van der Waals surface area contributed by atoms with Crippen molar-refractivity contribution in [2.45, 2.75) is 46.5 Å². The summed E-state index contributed by atoms with van der Waals surface area (Å²) in [7, 11) is 0. The molecule has 1 saturated heterocycles. The van der Waals surface area contributed by atoms with Crippen LogP contribution in [0.3, 0.4) is 0 Å². The first-order valence-corrected chi connectivity index (χ1v) is 9.60. The standard InChI is InChI=1S/C20H29N3O3.ClH/c1-4-21-12-13-5-7-23(8-6-13)19(26)15-9-14-16(22-18(15)25)10-20(2,3)11-17(14)24;/h9,13,21H,4-8,10-12H2,1-3H3,(H,22,25);1H. The molecule has 1 aliphatic carbocycles. The molecule has 0 bridgehead atoms. The summed E-state index contributed by atoms with van der Waals surface area (Å²) in [5.41, 5.74) is 0.731. The second kappa shape index (κ2) is 8.57. The number of hydrogen-bond donors (Lipinski definition) is 2. The number of hydrogen-bond acceptors (Lipinski definition) is 4. The number of aromatic amines is 1. The molecular weight excluding hydrogens is 366 g/mol. The fraction of sp³-hybridized carbons (Fsp3) is 0.650. The van der Waals surface area contributed by atoms with Crippen molar-refractivity contribution in [1.29, 1.82) is 0 Å². The third kappa shape index (κ3) is 4.79. The average Bonchev–Trinajstić information content (AvgIpc) is 2.58. The molecule has 0 spiro atoms. The number of likely N-dealkylation sites (tertiary alicyclic amines) is 1. The van der Waals surface area contributed by atoms with Gasteiger partial charge in [0.2, 0.25) is 0 Å². The molecule has 27 heavy (non-hydrogen) atoms. The van der Waals surface area contributed by atoms with Gasteiger partial charge in [-0.3, -0.25) is 14.4 Å². The van der Waals surface area contributed by atoms with Gasteiger partial charge in [-0.1, -0.05) is 20.8 Å². The smallest absolute Gasteiger partial charge is 0.261 e. The van der Waals surface area contributed by atoms with Gasteiger partial charge in [-0.2, -0.15) is 0 Å². The van der Waals surface area contributed by atoms with Gasteiger partial charge >= 0.3 is 0 Å². The normalized spacial score (nSPS) is 19.4. The molecule has 1 aliphatic heterocycles. The van der Waals surface area contributed by atoms with Crippen molar-refractivity contribution in [1.82, 2.24) is 15.2 Å². The van der Waals surface area contributed by atoms with Crippen molar-refractivity contribution in [2.75, 3.05) is 26.2 Å². The number of halogens is 1. The topological polar surface area (TPSA) is 82.3 Å². The highest BCUT2D eigenvalue weighted by atomic mass is 35.5. The zero-order chi connectivity index (χ0) is 18.9. The number of amides is 1. The van der Waals surface area contributed by atoms with Crippen molar-refractivity contribution in [3.05, 3.63) is 33.2 Å². The van der Waals surface area contributed by atoms with E-state index in [1.807, 2.05) is 13.8 Å². The lowest BCUT2D eigenvalue weighted by atomic mass is 9.75. The van der Waals surface area contributed by atoms with Gasteiger partial charge in [-0.05, 0) is 49.8 Å². The summed E-state index contributed by atoms with van der Waals surface area (Å²) in [5.74, 6) is 0.323. The monoisotopic (exact) mass is 395 g/mol. The van der Waals surface area contributed by atoms with E-state index in [9.17, 15) is 14.4 Å². The highest BCUT2D eigenvalue weighted by Gasteiger charge is 2.33. The number of rotatable bonds is 4. The van der Waals surface area contributed by atoms with Gasteiger partial charge < -0.3 is 15.2 Å². The Kier molecular flexibility index (Phi) is 6.87. The Bertz CT molecular complexity index is 764. The molecule has 1 amide bonds. The van der Waals surface area contributed by atoms with Crippen LogP contribution in [0.25, 0.3) is 0 Å².